The van der Waals surface area contributed by atoms with Gasteiger partial charge in [-0.25, -0.2) is 4.98 Å². The van der Waals surface area contributed by atoms with Crippen LogP contribution in [-0.4, -0.2) is 24.2 Å². The second-order valence-corrected chi connectivity index (χ2v) is 9.86. The first kappa shape index (κ1) is 18.1. The number of aromatic nitrogens is 1. The molecule has 140 valence electrons. The van der Waals surface area contributed by atoms with E-state index in [2.05, 4.69) is 19.2 Å². The molecule has 1 aliphatic rings. The van der Waals surface area contributed by atoms with Gasteiger partial charge in [-0.05, 0) is 41.7 Å². The molecule has 27 heavy (non-hydrogen) atoms. The van der Waals surface area contributed by atoms with Gasteiger partial charge < -0.3 is 5.32 Å². The van der Waals surface area contributed by atoms with E-state index in [4.69, 9.17) is 4.98 Å². The molecule has 1 aliphatic heterocycles. The third-order valence-corrected chi connectivity index (χ3v) is 6.87. The van der Waals surface area contributed by atoms with Gasteiger partial charge in [0.15, 0.2) is 0 Å². The average Bonchev–Trinajstić information content (AvgIpc) is 3.01. The zero-order valence-electron chi connectivity index (χ0n) is 14.8. The summed E-state index contributed by atoms with van der Waals surface area (Å²) in [4.78, 5) is 15.7. The number of nitrogens with one attached hydrogen (secondary N) is 1. The van der Waals surface area contributed by atoms with Crippen LogP contribution < -0.4 is 5.32 Å². The van der Waals surface area contributed by atoms with Crippen molar-refractivity contribution in [2.75, 3.05) is 5.32 Å². The lowest BCUT2D eigenvalue weighted by molar-refractivity contribution is 0.112. The van der Waals surface area contributed by atoms with Crippen LogP contribution in [0.15, 0.2) is 41.3 Å². The van der Waals surface area contributed by atoms with Gasteiger partial charge in [-0.15, -0.1) is 11.3 Å². The van der Waals surface area contributed by atoms with E-state index < -0.39 is 10.1 Å². The molecule has 0 saturated carbocycles. The minimum Gasteiger partial charge on any atom is -0.374 e. The second kappa shape index (κ2) is 6.12. The van der Waals surface area contributed by atoms with Crippen LogP contribution in [0.4, 0.5) is 5.69 Å². The van der Waals surface area contributed by atoms with Crippen molar-refractivity contribution in [3.63, 3.8) is 0 Å². The van der Waals surface area contributed by atoms with E-state index in [9.17, 15) is 17.8 Å². The number of carbonyl (C=O) groups excluding carboxylic acids is 1. The first-order valence-electron chi connectivity index (χ1n) is 8.41. The molecule has 1 unspecified atom stereocenters. The van der Waals surface area contributed by atoms with Gasteiger partial charge in [0.25, 0.3) is 10.1 Å². The summed E-state index contributed by atoms with van der Waals surface area (Å²) < 4.78 is 34.5. The Bertz CT molecular complexity index is 1130. The monoisotopic (exact) mass is 402 g/mol. The lowest BCUT2D eigenvalue weighted by atomic mass is 9.75. The van der Waals surface area contributed by atoms with Gasteiger partial charge >= 0.3 is 0 Å². The number of benzene rings is 2. The average molecular weight is 402 g/mol. The zero-order chi connectivity index (χ0) is 19.4. The molecule has 1 aromatic heterocycles. The van der Waals surface area contributed by atoms with Crippen molar-refractivity contribution in [2.24, 2.45) is 5.41 Å². The number of anilines is 1. The topological polar surface area (TPSA) is 96.4 Å². The van der Waals surface area contributed by atoms with Crippen molar-refractivity contribution in [1.29, 1.82) is 0 Å². The van der Waals surface area contributed by atoms with Crippen molar-refractivity contribution >= 4 is 43.6 Å². The van der Waals surface area contributed by atoms with Crippen molar-refractivity contribution in [3.8, 4) is 0 Å². The van der Waals surface area contributed by atoms with Gasteiger partial charge in [0.05, 0.1) is 21.9 Å². The van der Waals surface area contributed by atoms with Gasteiger partial charge in [-0.2, -0.15) is 8.42 Å². The van der Waals surface area contributed by atoms with Gasteiger partial charge in [0, 0.05) is 5.56 Å². The first-order chi connectivity index (χ1) is 12.7. The SMILES string of the molecule is CC1(C)Cc2cc(C=O)cc(S(=O)(=O)O)c2NC1c1nc2ccccc2s1. The van der Waals surface area contributed by atoms with Gasteiger partial charge in [-0.1, -0.05) is 26.0 Å². The maximum Gasteiger partial charge on any atom is 0.296 e. The Morgan fingerprint density at radius 3 is 2.70 bits per heavy atom. The molecule has 0 bridgehead atoms. The van der Waals surface area contributed by atoms with Crippen LogP contribution in [0.3, 0.4) is 0 Å². The Balaban J connectivity index is 1.88. The fourth-order valence-corrected chi connectivity index (χ4v) is 5.58. The molecule has 3 aromatic rings. The summed E-state index contributed by atoms with van der Waals surface area (Å²) in [5, 5.41) is 4.14. The predicted octanol–water partition coefficient (Wildman–Crippen LogP) is 4.09. The number of thiazole rings is 1. The lowest BCUT2D eigenvalue weighted by Crippen LogP contribution is -2.35. The zero-order valence-corrected chi connectivity index (χ0v) is 16.4. The van der Waals surface area contributed by atoms with E-state index in [0.29, 0.717) is 24.0 Å². The number of carbonyl (C=O) groups is 1. The van der Waals surface area contributed by atoms with E-state index in [0.717, 1.165) is 15.2 Å². The minimum absolute atomic E-state index is 0.220. The summed E-state index contributed by atoms with van der Waals surface area (Å²) in [5.41, 5.74) is 1.87. The molecule has 0 spiro atoms. The van der Waals surface area contributed by atoms with Crippen molar-refractivity contribution in [2.45, 2.75) is 31.2 Å². The maximum absolute atomic E-state index is 11.9. The summed E-state index contributed by atoms with van der Waals surface area (Å²) in [7, 11) is -4.48. The molecule has 0 saturated heterocycles. The van der Waals surface area contributed by atoms with E-state index in [1.54, 1.807) is 17.4 Å². The molecule has 0 amide bonds. The Hall–Kier alpha value is -2.29. The largest absolute Gasteiger partial charge is 0.374 e. The number of hydrogen-bond donors (Lipinski definition) is 2. The van der Waals surface area contributed by atoms with Crippen LogP contribution in [0.1, 0.15) is 40.8 Å². The number of rotatable bonds is 3. The van der Waals surface area contributed by atoms with Crippen molar-refractivity contribution in [3.05, 3.63) is 52.5 Å². The van der Waals surface area contributed by atoms with Crippen LogP contribution in [0.25, 0.3) is 10.2 Å². The molecule has 8 heteroatoms. The molecular weight excluding hydrogens is 384 g/mol. The van der Waals surface area contributed by atoms with E-state index >= 15 is 0 Å². The highest BCUT2D eigenvalue weighted by molar-refractivity contribution is 7.86. The number of fused-ring (bicyclic) bond motifs is 2. The first-order valence-corrected chi connectivity index (χ1v) is 10.7. The highest BCUT2D eigenvalue weighted by atomic mass is 32.2. The summed E-state index contributed by atoms with van der Waals surface area (Å²) in [6.45, 7) is 4.14. The molecule has 4 rings (SSSR count). The Kier molecular flexibility index (Phi) is 4.10. The Morgan fingerprint density at radius 1 is 1.30 bits per heavy atom. The number of hydrogen-bond acceptors (Lipinski definition) is 6. The highest BCUT2D eigenvalue weighted by Gasteiger charge is 2.40. The summed E-state index contributed by atoms with van der Waals surface area (Å²) >= 11 is 1.56. The summed E-state index contributed by atoms with van der Waals surface area (Å²) in [5.74, 6) is 0. The smallest absolute Gasteiger partial charge is 0.296 e. The van der Waals surface area contributed by atoms with Crippen LogP contribution >= 0.6 is 11.3 Å². The quantitative estimate of drug-likeness (QED) is 0.506. The maximum atomic E-state index is 11.9. The molecule has 0 radical (unpaired) electrons. The van der Waals surface area contributed by atoms with E-state index in [1.807, 2.05) is 24.3 Å². The van der Waals surface area contributed by atoms with Crippen LogP contribution in [0, 0.1) is 5.41 Å². The fraction of sp³-hybridized carbons (Fsp3) is 0.263. The van der Waals surface area contributed by atoms with Crippen molar-refractivity contribution < 1.29 is 17.8 Å². The van der Waals surface area contributed by atoms with E-state index in [-0.39, 0.29) is 21.9 Å². The molecule has 2 N–H and O–H groups in total. The van der Waals surface area contributed by atoms with Crippen LogP contribution in [-0.2, 0) is 16.5 Å². The molecule has 0 aliphatic carbocycles. The standard InChI is InChI=1S/C19H18N2O4S2/c1-19(2)9-12-7-11(10-22)8-15(27(23,24)25)16(12)21-17(19)18-20-13-5-3-4-6-14(13)26-18/h3-8,10,17,21H,9H2,1-2H3,(H,23,24,25). The molecule has 2 aromatic carbocycles. The Labute approximate surface area is 161 Å². The number of aldehydes is 1. The summed E-state index contributed by atoms with van der Waals surface area (Å²) in [6.07, 6.45) is 1.13. The molecule has 6 nitrogen and oxygen atoms in total. The Morgan fingerprint density at radius 2 is 2.04 bits per heavy atom. The number of nitrogens with zero attached hydrogens (tertiary/aromatic N) is 1. The normalized spacial score (nSPS) is 18.7. The third-order valence-electron chi connectivity index (χ3n) is 4.89. The van der Waals surface area contributed by atoms with E-state index in [1.165, 1.54) is 6.07 Å². The molecule has 0 fully saturated rings. The second-order valence-electron chi connectivity index (χ2n) is 7.41. The highest BCUT2D eigenvalue weighted by Crippen LogP contribution is 2.48. The molecular formula is C19H18N2O4S2. The summed E-state index contributed by atoms with van der Waals surface area (Å²) in [6, 6.07) is 10.5. The van der Waals surface area contributed by atoms with Gasteiger partial charge in [0.2, 0.25) is 0 Å². The van der Waals surface area contributed by atoms with Gasteiger partial charge in [0.1, 0.15) is 16.2 Å². The van der Waals surface area contributed by atoms with Crippen LogP contribution in [0.5, 0.6) is 0 Å². The van der Waals surface area contributed by atoms with Crippen molar-refractivity contribution in [1.82, 2.24) is 4.98 Å². The van der Waals surface area contributed by atoms with Crippen LogP contribution in [0.2, 0.25) is 0 Å². The third kappa shape index (κ3) is 3.13. The molecule has 2 heterocycles. The minimum atomic E-state index is -4.48. The lowest BCUT2D eigenvalue weighted by Gasteiger charge is -2.40. The number of para-hydroxylation sites is 1. The fourth-order valence-electron chi connectivity index (χ4n) is 3.61. The predicted molar refractivity (Wildman–Crippen MR) is 105 cm³/mol. The molecule has 1 atom stereocenters. The van der Waals surface area contributed by atoms with Gasteiger partial charge in [-0.3, -0.25) is 9.35 Å².